The van der Waals surface area contributed by atoms with E-state index in [9.17, 15) is 4.79 Å². The Hall–Kier alpha value is -1.43. The predicted octanol–water partition coefficient (Wildman–Crippen LogP) is 2.51. The number of rotatable bonds is 1. The van der Waals surface area contributed by atoms with Gasteiger partial charge in [0.25, 0.3) is 5.91 Å². The Kier molecular flexibility index (Phi) is 3.50. The molecule has 1 amide bonds. The number of halogens is 1. The van der Waals surface area contributed by atoms with Gasteiger partial charge in [-0.1, -0.05) is 12.8 Å². The summed E-state index contributed by atoms with van der Waals surface area (Å²) in [6.45, 7) is 1.65. The van der Waals surface area contributed by atoms with E-state index in [0.717, 1.165) is 30.5 Å². The number of likely N-dealkylation sites (tertiary alicyclic amines) is 1. The van der Waals surface area contributed by atoms with Gasteiger partial charge >= 0.3 is 0 Å². The van der Waals surface area contributed by atoms with E-state index in [0.29, 0.717) is 11.3 Å². The monoisotopic (exact) mass is 322 g/mol. The van der Waals surface area contributed by atoms with Gasteiger partial charge in [0, 0.05) is 25.5 Å². The van der Waals surface area contributed by atoms with Crippen LogP contribution in [0.25, 0.3) is 5.65 Å². The van der Waals surface area contributed by atoms with Gasteiger partial charge in [0.05, 0.1) is 6.20 Å². The topological polar surface area (TPSA) is 50.5 Å². The molecule has 0 radical (unpaired) electrons. The molecule has 3 rings (SSSR count). The van der Waals surface area contributed by atoms with Crippen LogP contribution in [0.1, 0.15) is 36.2 Å². The van der Waals surface area contributed by atoms with Gasteiger partial charge in [-0.2, -0.15) is 0 Å². The van der Waals surface area contributed by atoms with Crippen molar-refractivity contribution in [1.29, 1.82) is 0 Å². The maximum Gasteiger partial charge on any atom is 0.276 e. The molecule has 0 aliphatic carbocycles. The van der Waals surface area contributed by atoms with Crippen molar-refractivity contribution in [3.63, 3.8) is 0 Å². The minimum Gasteiger partial charge on any atom is -0.337 e. The van der Waals surface area contributed by atoms with Gasteiger partial charge in [-0.05, 0) is 28.8 Å². The van der Waals surface area contributed by atoms with Crippen LogP contribution >= 0.6 is 15.9 Å². The zero-order chi connectivity index (χ0) is 13.2. The summed E-state index contributed by atoms with van der Waals surface area (Å²) in [5, 5.41) is 0. The number of fused-ring (bicyclic) bond motifs is 1. The fourth-order valence-electron chi connectivity index (χ4n) is 2.46. The minimum absolute atomic E-state index is 0.00870. The standard InChI is InChI=1S/C13H15BrN4O/c14-10-9-16-12-11(15-5-8-18(10)12)13(19)17-6-3-1-2-4-7-17/h5,8-9H,1-4,6-7H2. The fraction of sp³-hybridized carbons (Fsp3) is 0.462. The molecule has 0 aromatic carbocycles. The maximum absolute atomic E-state index is 12.6. The largest absolute Gasteiger partial charge is 0.337 e. The molecule has 3 heterocycles. The molecular weight excluding hydrogens is 308 g/mol. The first-order valence-corrected chi connectivity index (χ1v) is 7.33. The second-order valence-corrected chi connectivity index (χ2v) is 5.57. The van der Waals surface area contributed by atoms with Crippen LogP contribution in [-0.2, 0) is 0 Å². The molecule has 6 heteroatoms. The van der Waals surface area contributed by atoms with Crippen molar-refractivity contribution < 1.29 is 4.79 Å². The van der Waals surface area contributed by atoms with Gasteiger partial charge in [0.1, 0.15) is 4.60 Å². The van der Waals surface area contributed by atoms with Crippen LogP contribution in [0.5, 0.6) is 0 Å². The Labute approximate surface area is 119 Å². The van der Waals surface area contributed by atoms with Gasteiger partial charge < -0.3 is 4.90 Å². The summed E-state index contributed by atoms with van der Waals surface area (Å²) in [7, 11) is 0. The van der Waals surface area contributed by atoms with Crippen LogP contribution in [0.15, 0.2) is 23.2 Å². The van der Waals surface area contributed by atoms with Crippen molar-refractivity contribution in [1.82, 2.24) is 19.3 Å². The third kappa shape index (κ3) is 2.36. The van der Waals surface area contributed by atoms with Crippen molar-refractivity contribution in [3.05, 3.63) is 28.9 Å². The predicted molar refractivity (Wildman–Crippen MR) is 75.1 cm³/mol. The van der Waals surface area contributed by atoms with E-state index in [1.54, 1.807) is 18.6 Å². The summed E-state index contributed by atoms with van der Waals surface area (Å²) < 4.78 is 2.66. The molecule has 0 unspecified atom stereocenters. The molecule has 0 bridgehead atoms. The highest BCUT2D eigenvalue weighted by Crippen LogP contribution is 2.18. The number of hydrogen-bond acceptors (Lipinski definition) is 3. The van der Waals surface area contributed by atoms with Gasteiger partial charge in [0.15, 0.2) is 11.3 Å². The van der Waals surface area contributed by atoms with E-state index in [1.807, 2.05) is 9.30 Å². The lowest BCUT2D eigenvalue weighted by Crippen LogP contribution is -2.32. The maximum atomic E-state index is 12.6. The molecule has 0 atom stereocenters. The van der Waals surface area contributed by atoms with Crippen LogP contribution in [0.2, 0.25) is 0 Å². The lowest BCUT2D eigenvalue weighted by molar-refractivity contribution is 0.0757. The summed E-state index contributed by atoms with van der Waals surface area (Å²) in [6.07, 6.45) is 9.69. The Morgan fingerprint density at radius 2 is 1.89 bits per heavy atom. The molecule has 1 saturated heterocycles. The first kappa shape index (κ1) is 12.6. The summed E-state index contributed by atoms with van der Waals surface area (Å²) in [6, 6.07) is 0. The summed E-state index contributed by atoms with van der Waals surface area (Å²) in [4.78, 5) is 23.0. The Bertz CT molecular complexity index is 602. The Morgan fingerprint density at radius 1 is 1.16 bits per heavy atom. The smallest absolute Gasteiger partial charge is 0.276 e. The van der Waals surface area contributed by atoms with Crippen molar-refractivity contribution in [2.75, 3.05) is 13.1 Å². The molecule has 5 nitrogen and oxygen atoms in total. The Balaban J connectivity index is 1.96. The van der Waals surface area contributed by atoms with E-state index < -0.39 is 0 Å². The molecule has 1 fully saturated rings. The van der Waals surface area contributed by atoms with Crippen LogP contribution in [0.4, 0.5) is 0 Å². The average molecular weight is 323 g/mol. The van der Waals surface area contributed by atoms with Crippen LogP contribution in [0, 0.1) is 0 Å². The SMILES string of the molecule is O=C(c1nccn2c(Br)cnc12)N1CCCCCC1. The minimum atomic E-state index is -0.00870. The van der Waals surface area contributed by atoms with Crippen LogP contribution in [0.3, 0.4) is 0 Å². The zero-order valence-corrected chi connectivity index (χ0v) is 12.1. The van der Waals surface area contributed by atoms with E-state index >= 15 is 0 Å². The second-order valence-electron chi connectivity index (χ2n) is 4.76. The molecule has 0 saturated carbocycles. The third-order valence-corrected chi connectivity index (χ3v) is 4.07. The van der Waals surface area contributed by atoms with Gasteiger partial charge in [-0.3, -0.25) is 9.20 Å². The lowest BCUT2D eigenvalue weighted by atomic mass is 10.2. The molecule has 0 spiro atoms. The lowest BCUT2D eigenvalue weighted by Gasteiger charge is -2.19. The van der Waals surface area contributed by atoms with Crippen molar-refractivity contribution in [3.8, 4) is 0 Å². The number of nitrogens with zero attached hydrogens (tertiary/aromatic N) is 4. The number of aromatic nitrogens is 3. The fourth-order valence-corrected chi connectivity index (χ4v) is 2.85. The highest BCUT2D eigenvalue weighted by Gasteiger charge is 2.21. The Morgan fingerprint density at radius 3 is 2.63 bits per heavy atom. The number of carbonyl (C=O) groups excluding carboxylic acids is 1. The molecule has 19 heavy (non-hydrogen) atoms. The van der Waals surface area contributed by atoms with Gasteiger partial charge in [-0.15, -0.1) is 0 Å². The average Bonchev–Trinajstić information content (AvgIpc) is 2.68. The van der Waals surface area contributed by atoms with E-state index in [-0.39, 0.29) is 5.91 Å². The first-order valence-electron chi connectivity index (χ1n) is 6.54. The highest BCUT2D eigenvalue weighted by atomic mass is 79.9. The zero-order valence-electron chi connectivity index (χ0n) is 10.5. The molecule has 2 aromatic heterocycles. The highest BCUT2D eigenvalue weighted by molar-refractivity contribution is 9.10. The van der Waals surface area contributed by atoms with Gasteiger partial charge in [0.2, 0.25) is 0 Å². The molecule has 100 valence electrons. The molecule has 1 aliphatic heterocycles. The molecule has 2 aromatic rings. The number of carbonyl (C=O) groups is 1. The summed E-state index contributed by atoms with van der Waals surface area (Å²) in [5.41, 5.74) is 1.05. The second kappa shape index (κ2) is 5.28. The van der Waals surface area contributed by atoms with E-state index in [1.165, 1.54) is 12.8 Å². The normalized spacial score (nSPS) is 16.6. The quantitative estimate of drug-likeness (QED) is 0.810. The van der Waals surface area contributed by atoms with E-state index in [4.69, 9.17) is 0 Å². The van der Waals surface area contributed by atoms with Gasteiger partial charge in [-0.25, -0.2) is 9.97 Å². The molecule has 1 aliphatic rings. The molecular formula is C13H15BrN4O. The van der Waals surface area contributed by atoms with Crippen LogP contribution < -0.4 is 0 Å². The molecule has 0 N–H and O–H groups in total. The first-order chi connectivity index (χ1) is 9.27. The van der Waals surface area contributed by atoms with E-state index in [2.05, 4.69) is 25.9 Å². The number of imidazole rings is 1. The number of amides is 1. The van der Waals surface area contributed by atoms with Crippen molar-refractivity contribution in [2.24, 2.45) is 0 Å². The third-order valence-electron chi connectivity index (χ3n) is 3.48. The van der Waals surface area contributed by atoms with Crippen molar-refractivity contribution >= 4 is 27.5 Å². The number of hydrogen-bond donors (Lipinski definition) is 0. The summed E-state index contributed by atoms with van der Waals surface area (Å²) in [5.74, 6) is -0.00870. The van der Waals surface area contributed by atoms with Crippen LogP contribution in [-0.4, -0.2) is 38.3 Å². The summed E-state index contributed by atoms with van der Waals surface area (Å²) >= 11 is 3.41. The van der Waals surface area contributed by atoms with Crippen molar-refractivity contribution in [2.45, 2.75) is 25.7 Å².